The largest absolute Gasteiger partial charge is 0.239 e. The van der Waals surface area contributed by atoms with Gasteiger partial charge in [-0.1, -0.05) is 41.5 Å². The van der Waals surface area contributed by atoms with E-state index in [1.54, 1.807) is 0 Å². The summed E-state index contributed by atoms with van der Waals surface area (Å²) in [7, 11) is 0. The van der Waals surface area contributed by atoms with E-state index < -0.39 is 0 Å². The maximum Gasteiger partial charge on any atom is 0.0240 e. The fraction of sp³-hybridized carbons (Fsp3) is 1.00. The quantitative estimate of drug-likeness (QED) is 0.527. The predicted octanol–water partition coefficient (Wildman–Crippen LogP) is 4.31. The zero-order valence-electron chi connectivity index (χ0n) is 13.0. The Kier molecular flexibility index (Phi) is 9.85. The van der Waals surface area contributed by atoms with Crippen molar-refractivity contribution >= 4 is 0 Å². The SMILES string of the molecule is CCCN(C(CC)CC)N(CC)C(CC)CC. The lowest BCUT2D eigenvalue weighted by Gasteiger charge is -2.43. The fourth-order valence-corrected chi connectivity index (χ4v) is 2.82. The van der Waals surface area contributed by atoms with Crippen LogP contribution < -0.4 is 0 Å². The number of hydrogen-bond acceptors (Lipinski definition) is 2. The van der Waals surface area contributed by atoms with Crippen LogP contribution in [0.25, 0.3) is 0 Å². The molecule has 2 nitrogen and oxygen atoms in total. The molecule has 17 heavy (non-hydrogen) atoms. The van der Waals surface area contributed by atoms with Gasteiger partial charge in [-0.25, -0.2) is 10.0 Å². The highest BCUT2D eigenvalue weighted by molar-refractivity contribution is 4.72. The Labute approximate surface area is 109 Å². The molecule has 0 fully saturated rings. The summed E-state index contributed by atoms with van der Waals surface area (Å²) in [6.07, 6.45) is 6.27. The lowest BCUT2D eigenvalue weighted by molar-refractivity contribution is -0.0924. The standard InChI is InChI=1S/C15H34N2/c1-7-13-17(15(10-4)11-5)16(12-6)14(8-2)9-3/h14-15H,7-13H2,1-6H3. The van der Waals surface area contributed by atoms with Crippen molar-refractivity contribution in [1.29, 1.82) is 0 Å². The van der Waals surface area contributed by atoms with Crippen LogP contribution in [0.5, 0.6) is 0 Å². The minimum atomic E-state index is 0.715. The maximum atomic E-state index is 2.65. The lowest BCUT2D eigenvalue weighted by atomic mass is 10.1. The third-order valence-corrected chi connectivity index (χ3v) is 3.83. The summed E-state index contributed by atoms with van der Waals surface area (Å²) < 4.78 is 0. The van der Waals surface area contributed by atoms with Gasteiger partial charge in [0.15, 0.2) is 0 Å². The van der Waals surface area contributed by atoms with Gasteiger partial charge in [0.05, 0.1) is 0 Å². The Morgan fingerprint density at radius 3 is 1.35 bits per heavy atom. The van der Waals surface area contributed by atoms with Crippen molar-refractivity contribution in [3.63, 3.8) is 0 Å². The van der Waals surface area contributed by atoms with E-state index in [1.807, 2.05) is 0 Å². The van der Waals surface area contributed by atoms with Gasteiger partial charge in [-0.3, -0.25) is 0 Å². The van der Waals surface area contributed by atoms with E-state index in [4.69, 9.17) is 0 Å². The molecular formula is C15H34N2. The van der Waals surface area contributed by atoms with Crippen LogP contribution in [-0.4, -0.2) is 35.2 Å². The van der Waals surface area contributed by atoms with Crippen LogP contribution in [0, 0.1) is 0 Å². The molecule has 0 unspecified atom stereocenters. The highest BCUT2D eigenvalue weighted by Crippen LogP contribution is 2.18. The molecule has 0 atom stereocenters. The molecule has 0 aliphatic rings. The summed E-state index contributed by atoms with van der Waals surface area (Å²) >= 11 is 0. The van der Waals surface area contributed by atoms with Crippen LogP contribution in [0.2, 0.25) is 0 Å². The van der Waals surface area contributed by atoms with Gasteiger partial charge in [0.2, 0.25) is 0 Å². The molecule has 0 spiro atoms. The van der Waals surface area contributed by atoms with Crippen LogP contribution in [0.3, 0.4) is 0 Å². The minimum Gasteiger partial charge on any atom is -0.239 e. The second-order valence-electron chi connectivity index (χ2n) is 4.86. The highest BCUT2D eigenvalue weighted by Gasteiger charge is 2.24. The normalized spacial score (nSPS) is 12.4. The van der Waals surface area contributed by atoms with E-state index in [0.29, 0.717) is 6.04 Å². The molecule has 0 saturated heterocycles. The third kappa shape index (κ3) is 4.97. The average Bonchev–Trinajstić information content (AvgIpc) is 2.36. The zero-order chi connectivity index (χ0) is 13.3. The van der Waals surface area contributed by atoms with Crippen molar-refractivity contribution in [2.24, 2.45) is 0 Å². The highest BCUT2D eigenvalue weighted by atomic mass is 15.6. The Morgan fingerprint density at radius 1 is 0.647 bits per heavy atom. The molecule has 0 N–H and O–H groups in total. The second-order valence-corrected chi connectivity index (χ2v) is 4.86. The molecule has 0 aliphatic carbocycles. The summed E-state index contributed by atoms with van der Waals surface area (Å²) in [6, 6.07) is 1.43. The van der Waals surface area contributed by atoms with Crippen LogP contribution in [-0.2, 0) is 0 Å². The third-order valence-electron chi connectivity index (χ3n) is 3.83. The first-order valence-electron chi connectivity index (χ1n) is 7.72. The van der Waals surface area contributed by atoms with Gasteiger partial charge in [0.25, 0.3) is 0 Å². The Bertz CT molecular complexity index is 162. The molecule has 0 saturated carbocycles. The molecule has 0 rings (SSSR count). The molecule has 0 aliphatic heterocycles. The summed E-state index contributed by atoms with van der Waals surface area (Å²) in [6.45, 7) is 16.2. The molecular weight excluding hydrogens is 208 g/mol. The van der Waals surface area contributed by atoms with Gasteiger partial charge in [-0.15, -0.1) is 0 Å². The van der Waals surface area contributed by atoms with E-state index in [0.717, 1.165) is 12.6 Å². The summed E-state index contributed by atoms with van der Waals surface area (Å²) in [5, 5.41) is 5.28. The van der Waals surface area contributed by atoms with E-state index in [1.165, 1.54) is 38.6 Å². The number of nitrogens with zero attached hydrogens (tertiary/aromatic N) is 2. The number of hydrazine groups is 1. The Hall–Kier alpha value is -0.0800. The summed E-state index contributed by atoms with van der Waals surface area (Å²) in [4.78, 5) is 0. The van der Waals surface area contributed by atoms with Crippen molar-refractivity contribution in [3.8, 4) is 0 Å². The molecule has 0 aromatic carbocycles. The molecule has 0 amide bonds. The second kappa shape index (κ2) is 9.90. The topological polar surface area (TPSA) is 6.48 Å². The van der Waals surface area contributed by atoms with Crippen molar-refractivity contribution < 1.29 is 0 Å². The lowest BCUT2D eigenvalue weighted by Crippen LogP contribution is -2.53. The van der Waals surface area contributed by atoms with Crippen molar-refractivity contribution in [1.82, 2.24) is 10.0 Å². The van der Waals surface area contributed by atoms with Crippen molar-refractivity contribution in [3.05, 3.63) is 0 Å². The van der Waals surface area contributed by atoms with Gasteiger partial charge in [-0.2, -0.15) is 0 Å². The first kappa shape index (κ1) is 16.9. The average molecular weight is 242 g/mol. The van der Waals surface area contributed by atoms with E-state index >= 15 is 0 Å². The first-order chi connectivity index (χ1) is 8.19. The molecule has 0 heterocycles. The predicted molar refractivity (Wildman–Crippen MR) is 78.1 cm³/mol. The smallest absolute Gasteiger partial charge is 0.0240 e. The van der Waals surface area contributed by atoms with Crippen LogP contribution in [0.1, 0.15) is 73.6 Å². The Morgan fingerprint density at radius 2 is 1.06 bits per heavy atom. The molecule has 104 valence electrons. The van der Waals surface area contributed by atoms with Gasteiger partial charge in [-0.05, 0) is 32.1 Å². The van der Waals surface area contributed by atoms with E-state index in [2.05, 4.69) is 51.6 Å². The zero-order valence-corrected chi connectivity index (χ0v) is 13.0. The number of hydrogen-bond donors (Lipinski definition) is 0. The molecule has 2 heteroatoms. The molecule has 0 aromatic rings. The van der Waals surface area contributed by atoms with E-state index in [9.17, 15) is 0 Å². The van der Waals surface area contributed by atoms with Gasteiger partial charge in [0, 0.05) is 25.2 Å². The summed E-state index contributed by atoms with van der Waals surface area (Å²) in [5.74, 6) is 0. The monoisotopic (exact) mass is 242 g/mol. The molecule has 0 bridgehead atoms. The van der Waals surface area contributed by atoms with Gasteiger partial charge >= 0.3 is 0 Å². The fourth-order valence-electron chi connectivity index (χ4n) is 2.82. The minimum absolute atomic E-state index is 0.715. The number of rotatable bonds is 10. The maximum absolute atomic E-state index is 2.65. The molecule has 0 radical (unpaired) electrons. The van der Waals surface area contributed by atoms with Gasteiger partial charge in [0.1, 0.15) is 0 Å². The molecule has 0 aromatic heterocycles. The van der Waals surface area contributed by atoms with Crippen LogP contribution in [0.15, 0.2) is 0 Å². The van der Waals surface area contributed by atoms with Crippen LogP contribution in [0.4, 0.5) is 0 Å². The Balaban J connectivity index is 4.82. The van der Waals surface area contributed by atoms with Gasteiger partial charge < -0.3 is 0 Å². The van der Waals surface area contributed by atoms with Crippen LogP contribution >= 0.6 is 0 Å². The van der Waals surface area contributed by atoms with Crippen molar-refractivity contribution in [2.75, 3.05) is 13.1 Å². The summed E-state index contributed by atoms with van der Waals surface area (Å²) in [5.41, 5.74) is 0. The van der Waals surface area contributed by atoms with E-state index in [-0.39, 0.29) is 0 Å². The van der Waals surface area contributed by atoms with Crippen molar-refractivity contribution in [2.45, 2.75) is 85.7 Å². The first-order valence-corrected chi connectivity index (χ1v) is 7.72.